The first kappa shape index (κ1) is 13.9. The molecule has 2 heterocycles. The van der Waals surface area contributed by atoms with Crippen LogP contribution in [-0.4, -0.2) is 43.7 Å². The van der Waals surface area contributed by atoms with E-state index >= 15 is 0 Å². The van der Waals surface area contributed by atoms with Crippen LogP contribution in [0.15, 0.2) is 24.3 Å². The molecule has 0 bridgehead atoms. The number of rotatable bonds is 2. The molecule has 0 saturated carbocycles. The van der Waals surface area contributed by atoms with Crippen LogP contribution in [-0.2, 0) is 6.54 Å². The molecule has 1 atom stereocenters. The first-order chi connectivity index (χ1) is 9.88. The molecule has 0 amide bonds. The molecule has 1 aromatic carbocycles. The highest BCUT2D eigenvalue weighted by molar-refractivity contribution is 5.55. The molecule has 3 rings (SSSR count). The number of fused-ring (bicyclic) bond motifs is 1. The zero-order chi connectivity index (χ0) is 13.8. The highest BCUT2D eigenvalue weighted by atomic mass is 15.2. The molecule has 1 fully saturated rings. The Hall–Kier alpha value is -1.06. The SMILES string of the molecule is CCN1CCCC(N2CCNCc3ccccc32)CC1. The fourth-order valence-electron chi connectivity index (χ4n) is 3.63. The summed E-state index contributed by atoms with van der Waals surface area (Å²) in [5.41, 5.74) is 2.93. The number of anilines is 1. The van der Waals surface area contributed by atoms with Crippen molar-refractivity contribution in [3.63, 3.8) is 0 Å². The molecule has 2 aliphatic rings. The molecule has 1 aromatic rings. The van der Waals surface area contributed by atoms with Crippen LogP contribution in [0.25, 0.3) is 0 Å². The van der Waals surface area contributed by atoms with Gasteiger partial charge in [0.15, 0.2) is 0 Å². The topological polar surface area (TPSA) is 18.5 Å². The molecule has 1 unspecified atom stereocenters. The second-order valence-electron chi connectivity index (χ2n) is 6.02. The monoisotopic (exact) mass is 273 g/mol. The molecule has 3 heteroatoms. The van der Waals surface area contributed by atoms with Crippen molar-refractivity contribution in [2.24, 2.45) is 0 Å². The van der Waals surface area contributed by atoms with Gasteiger partial charge in [-0.05, 0) is 44.0 Å². The Morgan fingerprint density at radius 1 is 1.15 bits per heavy atom. The summed E-state index contributed by atoms with van der Waals surface area (Å²) in [6.07, 6.45) is 3.98. The van der Waals surface area contributed by atoms with Crippen molar-refractivity contribution >= 4 is 5.69 Å². The van der Waals surface area contributed by atoms with E-state index in [0.717, 1.165) is 19.6 Å². The number of likely N-dealkylation sites (tertiary alicyclic amines) is 1. The van der Waals surface area contributed by atoms with Gasteiger partial charge in [-0.15, -0.1) is 0 Å². The molecule has 0 radical (unpaired) electrons. The lowest BCUT2D eigenvalue weighted by Crippen LogP contribution is -2.39. The third-order valence-electron chi connectivity index (χ3n) is 4.82. The molecule has 0 spiro atoms. The van der Waals surface area contributed by atoms with Crippen LogP contribution in [0.2, 0.25) is 0 Å². The lowest BCUT2D eigenvalue weighted by atomic mass is 10.0. The van der Waals surface area contributed by atoms with Gasteiger partial charge in [0.2, 0.25) is 0 Å². The minimum absolute atomic E-state index is 0.715. The van der Waals surface area contributed by atoms with Gasteiger partial charge in [0.05, 0.1) is 0 Å². The maximum absolute atomic E-state index is 3.56. The van der Waals surface area contributed by atoms with E-state index in [1.165, 1.54) is 50.1 Å². The van der Waals surface area contributed by atoms with Crippen LogP contribution in [0.1, 0.15) is 31.7 Å². The Morgan fingerprint density at radius 2 is 2.05 bits per heavy atom. The summed E-state index contributed by atoms with van der Waals surface area (Å²) < 4.78 is 0. The Labute approximate surface area is 123 Å². The molecule has 2 aliphatic heterocycles. The van der Waals surface area contributed by atoms with E-state index in [1.54, 1.807) is 0 Å². The maximum atomic E-state index is 3.56. The Morgan fingerprint density at radius 3 is 2.95 bits per heavy atom. The minimum atomic E-state index is 0.715. The van der Waals surface area contributed by atoms with Crippen molar-refractivity contribution in [3.05, 3.63) is 29.8 Å². The smallest absolute Gasteiger partial charge is 0.0414 e. The average Bonchev–Trinajstić information content (AvgIpc) is 2.85. The van der Waals surface area contributed by atoms with Gasteiger partial charge in [-0.3, -0.25) is 0 Å². The standard InChI is InChI=1S/C17H27N3/c1-2-19-11-5-7-16(9-12-19)20-13-10-18-14-15-6-3-4-8-17(15)20/h3-4,6,8,16,18H,2,5,7,9-14H2,1H3. The second-order valence-corrected chi connectivity index (χ2v) is 6.02. The highest BCUT2D eigenvalue weighted by Crippen LogP contribution is 2.28. The quantitative estimate of drug-likeness (QED) is 0.893. The molecule has 0 aromatic heterocycles. The average molecular weight is 273 g/mol. The lowest BCUT2D eigenvalue weighted by molar-refractivity contribution is 0.299. The van der Waals surface area contributed by atoms with Crippen LogP contribution in [0.3, 0.4) is 0 Å². The van der Waals surface area contributed by atoms with Crippen LogP contribution >= 0.6 is 0 Å². The first-order valence-corrected chi connectivity index (χ1v) is 8.16. The number of benzene rings is 1. The number of hydrogen-bond acceptors (Lipinski definition) is 3. The van der Waals surface area contributed by atoms with Gasteiger partial charge in [0, 0.05) is 37.9 Å². The van der Waals surface area contributed by atoms with E-state index in [0.29, 0.717) is 6.04 Å². The van der Waals surface area contributed by atoms with E-state index in [2.05, 4.69) is 46.3 Å². The first-order valence-electron chi connectivity index (χ1n) is 8.16. The summed E-state index contributed by atoms with van der Waals surface area (Å²) in [5, 5.41) is 3.56. The molecule has 1 saturated heterocycles. The molecule has 0 aliphatic carbocycles. The molecular weight excluding hydrogens is 246 g/mol. The van der Waals surface area contributed by atoms with E-state index in [-0.39, 0.29) is 0 Å². The van der Waals surface area contributed by atoms with Crippen LogP contribution in [0.4, 0.5) is 5.69 Å². The van der Waals surface area contributed by atoms with Crippen molar-refractivity contribution in [1.29, 1.82) is 0 Å². The predicted molar refractivity (Wildman–Crippen MR) is 85.2 cm³/mol. The predicted octanol–water partition coefficient (Wildman–Crippen LogP) is 2.47. The summed E-state index contributed by atoms with van der Waals surface area (Å²) >= 11 is 0. The molecule has 20 heavy (non-hydrogen) atoms. The summed E-state index contributed by atoms with van der Waals surface area (Å²) in [6, 6.07) is 9.65. The minimum Gasteiger partial charge on any atom is -0.367 e. The summed E-state index contributed by atoms with van der Waals surface area (Å²) in [4.78, 5) is 5.27. The zero-order valence-corrected chi connectivity index (χ0v) is 12.6. The van der Waals surface area contributed by atoms with Crippen molar-refractivity contribution in [3.8, 4) is 0 Å². The lowest BCUT2D eigenvalue weighted by Gasteiger charge is -2.33. The normalized spacial score (nSPS) is 24.9. The van der Waals surface area contributed by atoms with Gasteiger partial charge in [-0.1, -0.05) is 25.1 Å². The molecular formula is C17H27N3. The Kier molecular flexibility index (Phi) is 4.58. The second kappa shape index (κ2) is 6.59. The number of para-hydroxylation sites is 1. The van der Waals surface area contributed by atoms with E-state index in [1.807, 2.05) is 0 Å². The van der Waals surface area contributed by atoms with Crippen molar-refractivity contribution in [2.45, 2.75) is 38.8 Å². The van der Waals surface area contributed by atoms with Crippen LogP contribution < -0.4 is 10.2 Å². The highest BCUT2D eigenvalue weighted by Gasteiger charge is 2.24. The van der Waals surface area contributed by atoms with Gasteiger partial charge in [0.25, 0.3) is 0 Å². The summed E-state index contributed by atoms with van der Waals surface area (Å²) in [5.74, 6) is 0. The van der Waals surface area contributed by atoms with Crippen LogP contribution in [0.5, 0.6) is 0 Å². The van der Waals surface area contributed by atoms with Crippen molar-refractivity contribution in [1.82, 2.24) is 10.2 Å². The summed E-state index contributed by atoms with van der Waals surface area (Å²) in [7, 11) is 0. The number of nitrogens with one attached hydrogen (secondary N) is 1. The molecule has 110 valence electrons. The molecule has 3 nitrogen and oxygen atoms in total. The fraction of sp³-hybridized carbons (Fsp3) is 0.647. The van der Waals surface area contributed by atoms with Gasteiger partial charge in [0.1, 0.15) is 0 Å². The zero-order valence-electron chi connectivity index (χ0n) is 12.6. The Balaban J connectivity index is 1.79. The largest absolute Gasteiger partial charge is 0.367 e. The van der Waals surface area contributed by atoms with Crippen molar-refractivity contribution < 1.29 is 0 Å². The molecule has 1 N–H and O–H groups in total. The fourth-order valence-corrected chi connectivity index (χ4v) is 3.63. The van der Waals surface area contributed by atoms with E-state index in [9.17, 15) is 0 Å². The number of hydrogen-bond donors (Lipinski definition) is 1. The maximum Gasteiger partial charge on any atom is 0.0414 e. The van der Waals surface area contributed by atoms with Crippen molar-refractivity contribution in [2.75, 3.05) is 37.6 Å². The third-order valence-corrected chi connectivity index (χ3v) is 4.82. The van der Waals surface area contributed by atoms with Gasteiger partial charge >= 0.3 is 0 Å². The van der Waals surface area contributed by atoms with E-state index in [4.69, 9.17) is 0 Å². The van der Waals surface area contributed by atoms with E-state index < -0.39 is 0 Å². The van der Waals surface area contributed by atoms with Gasteiger partial charge < -0.3 is 15.1 Å². The number of nitrogens with zero attached hydrogens (tertiary/aromatic N) is 2. The Bertz CT molecular complexity index is 432. The van der Waals surface area contributed by atoms with Gasteiger partial charge in [-0.25, -0.2) is 0 Å². The van der Waals surface area contributed by atoms with Crippen LogP contribution in [0, 0.1) is 0 Å². The van der Waals surface area contributed by atoms with Gasteiger partial charge in [-0.2, -0.15) is 0 Å². The third kappa shape index (κ3) is 2.99. The summed E-state index contributed by atoms with van der Waals surface area (Å²) in [6.45, 7) is 9.28.